The number of hydrogen-bond donors (Lipinski definition) is 3. The second kappa shape index (κ2) is 12.1. The molecule has 202 valence electrons. The summed E-state index contributed by atoms with van der Waals surface area (Å²) in [5, 5.41) is 15.4. The Morgan fingerprint density at radius 1 is 0.919 bits per heavy atom. The summed E-state index contributed by atoms with van der Waals surface area (Å²) in [5.74, 6) is -0.647. The molecule has 0 aliphatic heterocycles. The summed E-state index contributed by atoms with van der Waals surface area (Å²) in [7, 11) is 0. The summed E-state index contributed by atoms with van der Waals surface area (Å²) in [5.41, 5.74) is 0.113. The third-order valence-corrected chi connectivity index (χ3v) is 5.32. The van der Waals surface area contributed by atoms with Crippen LogP contribution in [0.1, 0.15) is 72.6 Å². The van der Waals surface area contributed by atoms with Gasteiger partial charge in [-0.25, -0.2) is 4.79 Å². The molecule has 0 saturated carbocycles. The first-order chi connectivity index (χ1) is 17.1. The average Bonchev–Trinajstić information content (AvgIpc) is 2.75. The van der Waals surface area contributed by atoms with E-state index in [0.29, 0.717) is 5.56 Å². The first kappa shape index (κ1) is 29.7. The molecule has 0 aliphatic carbocycles. The number of amides is 3. The van der Waals surface area contributed by atoms with Gasteiger partial charge in [0.1, 0.15) is 23.4 Å². The van der Waals surface area contributed by atoms with E-state index in [4.69, 9.17) is 4.74 Å². The number of carbonyl (C=O) groups is 3. The quantitative estimate of drug-likeness (QED) is 0.475. The highest BCUT2D eigenvalue weighted by atomic mass is 16.6. The minimum Gasteiger partial charge on any atom is -0.508 e. The molecule has 0 aromatic heterocycles. The van der Waals surface area contributed by atoms with Crippen LogP contribution in [0.2, 0.25) is 0 Å². The van der Waals surface area contributed by atoms with Crippen LogP contribution in [-0.2, 0) is 20.7 Å². The molecule has 3 amide bonds. The number of alkyl carbamates (subject to hydrolysis) is 1. The molecule has 0 heterocycles. The Hall–Kier alpha value is -3.55. The zero-order valence-electron chi connectivity index (χ0n) is 23.2. The van der Waals surface area contributed by atoms with Crippen molar-refractivity contribution in [2.75, 3.05) is 0 Å². The van der Waals surface area contributed by atoms with Gasteiger partial charge in [-0.1, -0.05) is 42.5 Å². The number of nitrogens with one attached hydrogen (secondary N) is 2. The maximum Gasteiger partial charge on any atom is 0.408 e. The molecule has 37 heavy (non-hydrogen) atoms. The van der Waals surface area contributed by atoms with Gasteiger partial charge in [0.05, 0.1) is 0 Å². The number of nitrogens with zero attached hydrogens (tertiary/aromatic N) is 1. The molecule has 3 N–H and O–H groups in total. The summed E-state index contributed by atoms with van der Waals surface area (Å²) < 4.78 is 5.43. The van der Waals surface area contributed by atoms with Crippen LogP contribution < -0.4 is 10.6 Å². The smallest absolute Gasteiger partial charge is 0.408 e. The topological polar surface area (TPSA) is 108 Å². The highest BCUT2D eigenvalue weighted by Gasteiger charge is 2.38. The summed E-state index contributed by atoms with van der Waals surface area (Å²) >= 11 is 0. The zero-order chi connectivity index (χ0) is 28.0. The Kier molecular flexibility index (Phi) is 9.73. The van der Waals surface area contributed by atoms with Crippen LogP contribution in [0.4, 0.5) is 4.79 Å². The highest BCUT2D eigenvalue weighted by molar-refractivity contribution is 5.92. The highest BCUT2D eigenvalue weighted by Crippen LogP contribution is 2.26. The third kappa shape index (κ3) is 9.44. The number of rotatable bonds is 8. The molecule has 0 radical (unpaired) electrons. The number of benzene rings is 2. The van der Waals surface area contributed by atoms with Crippen molar-refractivity contribution in [3.8, 4) is 5.75 Å². The average molecular weight is 512 g/mol. The van der Waals surface area contributed by atoms with Gasteiger partial charge >= 0.3 is 6.09 Å². The van der Waals surface area contributed by atoms with E-state index >= 15 is 0 Å². The lowest BCUT2D eigenvalue weighted by molar-refractivity contribution is -0.145. The Morgan fingerprint density at radius 3 is 1.97 bits per heavy atom. The Labute approximate surface area is 220 Å². The van der Waals surface area contributed by atoms with Crippen molar-refractivity contribution in [2.24, 2.45) is 0 Å². The van der Waals surface area contributed by atoms with Crippen molar-refractivity contribution < 1.29 is 24.2 Å². The maximum atomic E-state index is 14.2. The van der Waals surface area contributed by atoms with E-state index in [9.17, 15) is 19.5 Å². The molecule has 2 rings (SSSR count). The molecule has 0 bridgehead atoms. The minimum atomic E-state index is -1.02. The van der Waals surface area contributed by atoms with Crippen molar-refractivity contribution in [1.29, 1.82) is 0 Å². The summed E-state index contributed by atoms with van der Waals surface area (Å²) in [4.78, 5) is 42.0. The van der Waals surface area contributed by atoms with Gasteiger partial charge in [-0.05, 0) is 78.6 Å². The number of hydrogen-bond acceptors (Lipinski definition) is 5. The van der Waals surface area contributed by atoms with Crippen LogP contribution in [0, 0.1) is 0 Å². The van der Waals surface area contributed by atoms with E-state index in [-0.39, 0.29) is 24.1 Å². The predicted molar refractivity (Wildman–Crippen MR) is 144 cm³/mol. The van der Waals surface area contributed by atoms with Gasteiger partial charge in [0.2, 0.25) is 11.8 Å². The van der Waals surface area contributed by atoms with Crippen LogP contribution in [0.3, 0.4) is 0 Å². The van der Waals surface area contributed by atoms with E-state index in [1.807, 2.05) is 65.0 Å². The largest absolute Gasteiger partial charge is 0.508 e. The van der Waals surface area contributed by atoms with Crippen LogP contribution in [-0.4, -0.2) is 51.1 Å². The molecule has 8 heteroatoms. The van der Waals surface area contributed by atoms with Gasteiger partial charge < -0.3 is 25.4 Å². The lowest BCUT2D eigenvalue weighted by Crippen LogP contribution is -2.57. The lowest BCUT2D eigenvalue weighted by Gasteiger charge is -2.38. The lowest BCUT2D eigenvalue weighted by atomic mass is 9.98. The fourth-order valence-electron chi connectivity index (χ4n) is 3.89. The monoisotopic (exact) mass is 511 g/mol. The minimum absolute atomic E-state index is 0.0959. The molecule has 0 saturated heterocycles. The van der Waals surface area contributed by atoms with E-state index in [0.717, 1.165) is 5.56 Å². The molecule has 2 aromatic rings. The second-order valence-electron chi connectivity index (χ2n) is 11.5. The summed E-state index contributed by atoms with van der Waals surface area (Å²) in [6, 6.07) is 13.2. The third-order valence-electron chi connectivity index (χ3n) is 5.32. The Bertz CT molecular complexity index is 1050. The molecular formula is C29H41N3O5. The molecule has 8 nitrogen and oxygen atoms in total. The van der Waals surface area contributed by atoms with Gasteiger partial charge in [-0.3, -0.25) is 9.59 Å². The number of aromatic hydroxyl groups is 1. The van der Waals surface area contributed by atoms with Crippen LogP contribution in [0.15, 0.2) is 54.6 Å². The van der Waals surface area contributed by atoms with Gasteiger partial charge in [-0.2, -0.15) is 0 Å². The number of carbonyl (C=O) groups excluding carboxylic acids is 3. The SMILES string of the molecule is CC(C)N(C(=O)C(Cc1ccc(O)cc1)NC(=O)OC(C)(C)C)C(C(=O)NC(C)(C)C)c1ccccc1. The fraction of sp³-hybridized carbons (Fsp3) is 0.483. The summed E-state index contributed by atoms with van der Waals surface area (Å²) in [6.45, 7) is 14.5. The molecule has 2 aromatic carbocycles. The standard InChI is InChI=1S/C29H41N3O5/c1-19(2)32(24(21-12-10-9-11-13-21)25(34)31-28(3,4)5)26(35)23(30-27(36)37-29(6,7)8)18-20-14-16-22(33)17-15-20/h9-17,19,23-24,33H,18H2,1-8H3,(H,30,36)(H,31,34). The fourth-order valence-corrected chi connectivity index (χ4v) is 3.89. The molecule has 0 aliphatic rings. The molecule has 0 fully saturated rings. The maximum absolute atomic E-state index is 14.2. The van der Waals surface area contributed by atoms with E-state index in [2.05, 4.69) is 10.6 Å². The second-order valence-corrected chi connectivity index (χ2v) is 11.5. The zero-order valence-corrected chi connectivity index (χ0v) is 23.2. The Morgan fingerprint density at radius 2 is 1.49 bits per heavy atom. The van der Waals surface area contributed by atoms with Crippen LogP contribution in [0.5, 0.6) is 5.75 Å². The van der Waals surface area contributed by atoms with Gasteiger partial charge in [0.15, 0.2) is 0 Å². The first-order valence-corrected chi connectivity index (χ1v) is 12.5. The molecule has 0 spiro atoms. The van der Waals surface area contributed by atoms with Crippen LogP contribution in [0.25, 0.3) is 0 Å². The number of phenolic OH excluding ortho intramolecular Hbond substituents is 1. The predicted octanol–water partition coefficient (Wildman–Crippen LogP) is 4.72. The van der Waals surface area contributed by atoms with Crippen molar-refractivity contribution in [3.63, 3.8) is 0 Å². The van der Waals surface area contributed by atoms with E-state index in [1.54, 1.807) is 32.9 Å². The van der Waals surface area contributed by atoms with E-state index in [1.165, 1.54) is 17.0 Å². The van der Waals surface area contributed by atoms with Gasteiger partial charge in [-0.15, -0.1) is 0 Å². The van der Waals surface area contributed by atoms with Crippen molar-refractivity contribution in [3.05, 3.63) is 65.7 Å². The Balaban J connectivity index is 2.52. The van der Waals surface area contributed by atoms with Crippen molar-refractivity contribution in [2.45, 2.75) is 91.1 Å². The molecule has 2 atom stereocenters. The van der Waals surface area contributed by atoms with E-state index < -0.39 is 35.2 Å². The van der Waals surface area contributed by atoms with Gasteiger partial charge in [0, 0.05) is 18.0 Å². The summed E-state index contributed by atoms with van der Waals surface area (Å²) in [6.07, 6.45) is -0.590. The number of ether oxygens (including phenoxy) is 1. The van der Waals surface area contributed by atoms with Crippen LogP contribution >= 0.6 is 0 Å². The van der Waals surface area contributed by atoms with Crippen molar-refractivity contribution in [1.82, 2.24) is 15.5 Å². The molecule has 2 unspecified atom stereocenters. The van der Waals surface area contributed by atoms with Crippen molar-refractivity contribution >= 4 is 17.9 Å². The normalized spacial score (nSPS) is 13.4. The van der Waals surface area contributed by atoms with Gasteiger partial charge in [0.25, 0.3) is 0 Å². The molecular weight excluding hydrogens is 470 g/mol. The first-order valence-electron chi connectivity index (χ1n) is 12.5. The number of phenols is 1.